The first-order valence-corrected chi connectivity index (χ1v) is 7.72. The highest BCUT2D eigenvalue weighted by Gasteiger charge is 2.33. The number of nitrogens with zero attached hydrogens (tertiary/aromatic N) is 1. The van der Waals surface area contributed by atoms with Gasteiger partial charge in [0.1, 0.15) is 4.32 Å². The van der Waals surface area contributed by atoms with E-state index in [-0.39, 0.29) is 18.9 Å². The number of thiocarbonyl (C=S) groups is 1. The molecule has 1 saturated heterocycles. The van der Waals surface area contributed by atoms with E-state index in [9.17, 15) is 9.59 Å². The number of benzene rings is 1. The van der Waals surface area contributed by atoms with Gasteiger partial charge in [0, 0.05) is 11.6 Å². The van der Waals surface area contributed by atoms with Crippen molar-refractivity contribution in [2.24, 2.45) is 0 Å². The molecule has 0 saturated carbocycles. The van der Waals surface area contributed by atoms with Gasteiger partial charge in [-0.05, 0) is 30.2 Å². The summed E-state index contributed by atoms with van der Waals surface area (Å²) in [6.07, 6.45) is -0.125. The average molecular weight is 342 g/mol. The lowest BCUT2D eigenvalue weighted by Gasteiger charge is -2.12. The zero-order valence-electron chi connectivity index (χ0n) is 11.1. The molecule has 0 aromatic heterocycles. The number of aliphatic carboxylic acids is 1. The fourth-order valence-electron chi connectivity index (χ4n) is 1.86. The zero-order chi connectivity index (χ0) is 15.6. The summed E-state index contributed by atoms with van der Waals surface area (Å²) in [6, 6.07) is 7.18. The van der Waals surface area contributed by atoms with Crippen LogP contribution in [0.1, 0.15) is 18.9 Å². The molecule has 2 rings (SSSR count). The summed E-state index contributed by atoms with van der Waals surface area (Å²) in [5.74, 6) is -1.19. The Labute approximate surface area is 136 Å². The first kappa shape index (κ1) is 16.0. The number of carboxylic acid groups (broad SMARTS) is 1. The van der Waals surface area contributed by atoms with E-state index in [1.54, 1.807) is 12.1 Å². The average Bonchev–Trinajstić information content (AvgIpc) is 2.72. The molecular formula is C14H12ClNO3S2. The van der Waals surface area contributed by atoms with Gasteiger partial charge in [0.2, 0.25) is 0 Å². The summed E-state index contributed by atoms with van der Waals surface area (Å²) < 4.78 is 0.393. The molecule has 0 unspecified atom stereocenters. The number of carbonyl (C=O) groups is 2. The Bertz CT molecular complexity index is 640. The predicted octanol–water partition coefficient (Wildman–Crippen LogP) is 3.41. The predicted molar refractivity (Wildman–Crippen MR) is 88.2 cm³/mol. The minimum Gasteiger partial charge on any atom is -0.481 e. The molecular weight excluding hydrogens is 330 g/mol. The third-order valence-corrected chi connectivity index (χ3v) is 4.82. The molecule has 7 heteroatoms. The highest BCUT2D eigenvalue weighted by atomic mass is 35.5. The van der Waals surface area contributed by atoms with Crippen molar-refractivity contribution in [3.8, 4) is 0 Å². The van der Waals surface area contributed by atoms with Gasteiger partial charge in [-0.3, -0.25) is 14.5 Å². The van der Waals surface area contributed by atoms with Crippen molar-refractivity contribution >= 4 is 57.4 Å². The molecule has 4 nitrogen and oxygen atoms in total. The molecule has 1 aliphatic heterocycles. The molecule has 21 heavy (non-hydrogen) atoms. The number of hydrogen-bond acceptors (Lipinski definition) is 4. The second kappa shape index (κ2) is 6.60. The number of carboxylic acids is 1. The van der Waals surface area contributed by atoms with Crippen molar-refractivity contribution in [3.63, 3.8) is 0 Å². The lowest BCUT2D eigenvalue weighted by atomic mass is 10.1. The molecule has 0 radical (unpaired) electrons. The molecule has 110 valence electrons. The number of thioether (sulfide) groups is 1. The van der Waals surface area contributed by atoms with E-state index < -0.39 is 5.97 Å². The second-order valence-corrected chi connectivity index (χ2v) is 6.51. The fourth-order valence-corrected chi connectivity index (χ4v) is 3.34. The number of allylic oxidation sites excluding steroid dienone is 1. The van der Waals surface area contributed by atoms with Crippen LogP contribution in [0.5, 0.6) is 0 Å². The van der Waals surface area contributed by atoms with E-state index in [4.69, 9.17) is 28.9 Å². The molecule has 0 spiro atoms. The van der Waals surface area contributed by atoms with Gasteiger partial charge in [0.25, 0.3) is 5.91 Å². The Morgan fingerprint density at radius 3 is 2.57 bits per heavy atom. The Balaban J connectivity index is 2.26. The minimum absolute atomic E-state index is 0.0946. The highest BCUT2D eigenvalue weighted by Crippen LogP contribution is 2.36. The quantitative estimate of drug-likeness (QED) is 0.672. The van der Waals surface area contributed by atoms with Crippen LogP contribution >= 0.6 is 35.6 Å². The molecule has 0 aliphatic carbocycles. The number of amides is 1. The molecule has 1 aliphatic rings. The molecule has 1 fully saturated rings. The van der Waals surface area contributed by atoms with Crippen molar-refractivity contribution in [1.29, 1.82) is 0 Å². The summed E-state index contributed by atoms with van der Waals surface area (Å²) in [4.78, 5) is 24.8. The van der Waals surface area contributed by atoms with Crippen LogP contribution in [-0.4, -0.2) is 32.7 Å². The van der Waals surface area contributed by atoms with Gasteiger partial charge in [-0.25, -0.2) is 0 Å². The lowest BCUT2D eigenvalue weighted by molar-refractivity contribution is -0.137. The third-order valence-electron chi connectivity index (χ3n) is 3.02. The molecule has 1 amide bonds. The van der Waals surface area contributed by atoms with Crippen LogP contribution in [0.3, 0.4) is 0 Å². The van der Waals surface area contributed by atoms with Gasteiger partial charge in [-0.15, -0.1) is 0 Å². The Morgan fingerprint density at radius 2 is 2.00 bits per heavy atom. The largest absolute Gasteiger partial charge is 0.481 e. The maximum Gasteiger partial charge on any atom is 0.305 e. The zero-order valence-corrected chi connectivity index (χ0v) is 13.5. The summed E-state index contributed by atoms with van der Waals surface area (Å²) in [7, 11) is 0. The van der Waals surface area contributed by atoms with Crippen molar-refractivity contribution in [1.82, 2.24) is 4.90 Å². The Kier molecular flexibility index (Phi) is 5.03. The van der Waals surface area contributed by atoms with E-state index in [1.165, 1.54) is 16.7 Å². The maximum atomic E-state index is 12.4. The summed E-state index contributed by atoms with van der Waals surface area (Å²) in [6.45, 7) is 1.93. The SMILES string of the molecule is C/C(=C1/SC(=S)N(CCC(=O)O)C1=O)c1ccc(Cl)cc1. The first-order chi connectivity index (χ1) is 9.90. The van der Waals surface area contributed by atoms with E-state index in [1.807, 2.05) is 19.1 Å². The van der Waals surface area contributed by atoms with Crippen molar-refractivity contribution in [3.05, 3.63) is 39.8 Å². The topological polar surface area (TPSA) is 57.6 Å². The van der Waals surface area contributed by atoms with Crippen LogP contribution in [-0.2, 0) is 9.59 Å². The maximum absolute atomic E-state index is 12.4. The molecule has 1 aromatic rings. The van der Waals surface area contributed by atoms with E-state index >= 15 is 0 Å². The fraction of sp³-hybridized carbons (Fsp3) is 0.214. The Hall–Kier alpha value is -1.37. The molecule has 1 aromatic carbocycles. The van der Waals surface area contributed by atoms with E-state index in [0.29, 0.717) is 14.2 Å². The lowest BCUT2D eigenvalue weighted by Crippen LogP contribution is -2.30. The number of carbonyl (C=O) groups excluding carboxylic acids is 1. The van der Waals surface area contributed by atoms with Gasteiger partial charge < -0.3 is 5.11 Å². The summed E-state index contributed by atoms with van der Waals surface area (Å²) in [5.41, 5.74) is 1.69. The number of rotatable bonds is 4. The van der Waals surface area contributed by atoms with Crippen molar-refractivity contribution < 1.29 is 14.7 Å². The first-order valence-electron chi connectivity index (χ1n) is 6.12. The van der Waals surface area contributed by atoms with E-state index in [2.05, 4.69) is 0 Å². The molecule has 0 bridgehead atoms. The number of halogens is 1. The van der Waals surface area contributed by atoms with Crippen molar-refractivity contribution in [2.75, 3.05) is 6.54 Å². The van der Waals surface area contributed by atoms with Gasteiger partial charge in [-0.2, -0.15) is 0 Å². The molecule has 0 atom stereocenters. The standard InChI is InChI=1S/C14H12ClNO3S2/c1-8(9-2-4-10(15)5-3-9)12-13(19)16(14(20)21-12)7-6-11(17)18/h2-5H,6-7H2,1H3,(H,17,18)/b12-8-. The van der Waals surface area contributed by atoms with Crippen LogP contribution < -0.4 is 0 Å². The van der Waals surface area contributed by atoms with Gasteiger partial charge >= 0.3 is 5.97 Å². The van der Waals surface area contributed by atoms with Crippen LogP contribution in [0.25, 0.3) is 5.57 Å². The van der Waals surface area contributed by atoms with Crippen LogP contribution in [0.15, 0.2) is 29.2 Å². The summed E-state index contributed by atoms with van der Waals surface area (Å²) in [5, 5.41) is 9.34. The van der Waals surface area contributed by atoms with Gasteiger partial charge in [0.15, 0.2) is 0 Å². The third kappa shape index (κ3) is 3.64. The monoisotopic (exact) mass is 341 g/mol. The van der Waals surface area contributed by atoms with Crippen LogP contribution in [0, 0.1) is 0 Å². The van der Waals surface area contributed by atoms with Crippen LogP contribution in [0.2, 0.25) is 5.02 Å². The second-order valence-electron chi connectivity index (χ2n) is 4.43. The Morgan fingerprint density at radius 1 is 1.38 bits per heavy atom. The van der Waals surface area contributed by atoms with Crippen molar-refractivity contribution in [2.45, 2.75) is 13.3 Å². The van der Waals surface area contributed by atoms with Gasteiger partial charge in [0.05, 0.1) is 11.3 Å². The smallest absolute Gasteiger partial charge is 0.305 e. The molecule has 1 heterocycles. The van der Waals surface area contributed by atoms with Crippen LogP contribution in [0.4, 0.5) is 0 Å². The minimum atomic E-state index is -0.956. The molecule has 1 N–H and O–H groups in total. The van der Waals surface area contributed by atoms with E-state index in [0.717, 1.165) is 11.1 Å². The summed E-state index contributed by atoms with van der Waals surface area (Å²) >= 11 is 12.2. The van der Waals surface area contributed by atoms with Gasteiger partial charge in [-0.1, -0.05) is 47.7 Å². The highest BCUT2D eigenvalue weighted by molar-refractivity contribution is 8.26. The number of hydrogen-bond donors (Lipinski definition) is 1. The normalized spacial score (nSPS) is 17.3.